The average Bonchev–Trinajstić information content (AvgIpc) is 2.52. The van der Waals surface area contributed by atoms with Gasteiger partial charge in [0.2, 0.25) is 11.6 Å². The van der Waals surface area contributed by atoms with Crippen molar-refractivity contribution < 1.29 is 9.59 Å². The fourth-order valence-corrected chi connectivity index (χ4v) is 4.06. The van der Waals surface area contributed by atoms with Crippen LogP contribution in [0.15, 0.2) is 23.3 Å². The summed E-state index contributed by atoms with van der Waals surface area (Å²) in [5.41, 5.74) is 1.60. The molecule has 0 heterocycles. The lowest BCUT2D eigenvalue weighted by Gasteiger charge is -2.28. The van der Waals surface area contributed by atoms with Crippen LogP contribution in [0.5, 0.6) is 0 Å². The number of rotatable bonds is 2. The molecular formula is C18H24O2. The predicted molar refractivity (Wildman–Crippen MR) is 79.3 cm³/mol. The minimum atomic E-state index is -0.194. The van der Waals surface area contributed by atoms with E-state index in [2.05, 4.69) is 0 Å². The summed E-state index contributed by atoms with van der Waals surface area (Å²) in [4.78, 5) is 24.8. The molecule has 0 atom stereocenters. The van der Waals surface area contributed by atoms with Crippen LogP contribution in [0.25, 0.3) is 0 Å². The van der Waals surface area contributed by atoms with Crippen LogP contribution in [0.2, 0.25) is 0 Å². The molecule has 0 aromatic heterocycles. The second kappa shape index (κ2) is 6.07. The van der Waals surface area contributed by atoms with Crippen molar-refractivity contribution in [1.29, 1.82) is 0 Å². The number of allylic oxidation sites excluding steroid dienone is 4. The second-order valence-corrected chi connectivity index (χ2v) is 6.57. The van der Waals surface area contributed by atoms with Crippen molar-refractivity contribution in [3.8, 4) is 0 Å². The van der Waals surface area contributed by atoms with Crippen molar-refractivity contribution in [2.45, 2.75) is 64.2 Å². The maximum atomic E-state index is 12.4. The summed E-state index contributed by atoms with van der Waals surface area (Å²) in [7, 11) is 0. The number of carbonyl (C=O) groups excluding carboxylic acids is 2. The van der Waals surface area contributed by atoms with Gasteiger partial charge in [0, 0.05) is 11.1 Å². The van der Waals surface area contributed by atoms with E-state index in [4.69, 9.17) is 0 Å². The predicted octanol–water partition coefficient (Wildman–Crippen LogP) is 4.15. The summed E-state index contributed by atoms with van der Waals surface area (Å²) in [5, 5.41) is 0. The molecule has 0 radical (unpaired) electrons. The maximum absolute atomic E-state index is 12.4. The molecule has 0 amide bonds. The minimum Gasteiger partial charge on any atom is -0.285 e. The van der Waals surface area contributed by atoms with Gasteiger partial charge in [0.15, 0.2) is 0 Å². The van der Waals surface area contributed by atoms with Crippen LogP contribution < -0.4 is 0 Å². The average molecular weight is 272 g/mol. The molecule has 2 fully saturated rings. The first-order chi connectivity index (χ1) is 9.77. The Labute approximate surface area is 121 Å². The fraction of sp³-hybridized carbons (Fsp3) is 0.667. The van der Waals surface area contributed by atoms with Gasteiger partial charge in [0.1, 0.15) is 0 Å². The van der Waals surface area contributed by atoms with E-state index in [9.17, 15) is 9.59 Å². The molecule has 0 aromatic rings. The van der Waals surface area contributed by atoms with Gasteiger partial charge >= 0.3 is 0 Å². The lowest BCUT2D eigenvalue weighted by atomic mass is 9.75. The summed E-state index contributed by atoms with van der Waals surface area (Å²) < 4.78 is 0. The summed E-state index contributed by atoms with van der Waals surface area (Å²) >= 11 is 0. The largest absolute Gasteiger partial charge is 0.285 e. The second-order valence-electron chi connectivity index (χ2n) is 6.57. The highest BCUT2D eigenvalue weighted by molar-refractivity contribution is 6.50. The summed E-state index contributed by atoms with van der Waals surface area (Å²) in [5.74, 6) is 0.286. The number of ketones is 2. The molecule has 0 N–H and O–H groups in total. The zero-order valence-electron chi connectivity index (χ0n) is 12.2. The third-order valence-electron chi connectivity index (χ3n) is 5.26. The Bertz CT molecular complexity index is 414. The quantitative estimate of drug-likeness (QED) is 0.559. The van der Waals surface area contributed by atoms with E-state index in [1.807, 2.05) is 12.2 Å². The Balaban J connectivity index is 1.79. The van der Waals surface area contributed by atoms with E-state index in [1.165, 1.54) is 38.5 Å². The summed E-state index contributed by atoms with van der Waals surface area (Å²) in [6.07, 6.45) is 15.6. The van der Waals surface area contributed by atoms with Crippen molar-refractivity contribution in [3.63, 3.8) is 0 Å². The van der Waals surface area contributed by atoms with Crippen molar-refractivity contribution in [2.24, 2.45) is 11.8 Å². The number of carbonyl (C=O) groups is 2. The highest BCUT2D eigenvalue weighted by atomic mass is 16.2. The standard InChI is InChI=1S/C18H24O2/c19-17-15(13-7-3-1-4-8-13)11-12-16(18(17)20)14-9-5-2-6-10-14/h11-14H,1-10H2. The van der Waals surface area contributed by atoms with E-state index in [0.29, 0.717) is 11.8 Å². The van der Waals surface area contributed by atoms with Gasteiger partial charge in [-0.25, -0.2) is 0 Å². The Kier molecular flexibility index (Phi) is 4.18. The molecular weight excluding hydrogens is 248 g/mol. The Hall–Kier alpha value is -1.18. The van der Waals surface area contributed by atoms with Crippen molar-refractivity contribution in [2.75, 3.05) is 0 Å². The SMILES string of the molecule is O=C1C(=O)C(C2CCCCC2)=CC=C1C1CCCCC1. The van der Waals surface area contributed by atoms with Crippen molar-refractivity contribution in [3.05, 3.63) is 23.3 Å². The lowest BCUT2D eigenvalue weighted by Crippen LogP contribution is -2.30. The van der Waals surface area contributed by atoms with Crippen LogP contribution in [0, 0.1) is 11.8 Å². The fourth-order valence-electron chi connectivity index (χ4n) is 4.06. The Morgan fingerprint density at radius 3 is 1.30 bits per heavy atom. The summed E-state index contributed by atoms with van der Waals surface area (Å²) in [6.45, 7) is 0. The van der Waals surface area contributed by atoms with Gasteiger partial charge in [-0.2, -0.15) is 0 Å². The first kappa shape index (κ1) is 13.8. The molecule has 0 unspecified atom stereocenters. The number of hydrogen-bond acceptors (Lipinski definition) is 2. The van der Waals surface area contributed by atoms with E-state index >= 15 is 0 Å². The zero-order chi connectivity index (χ0) is 13.9. The normalized spacial score (nSPS) is 26.4. The maximum Gasteiger partial charge on any atom is 0.229 e. The van der Waals surface area contributed by atoms with Gasteiger partial charge in [-0.1, -0.05) is 50.7 Å². The Morgan fingerprint density at radius 1 is 0.600 bits per heavy atom. The first-order valence-electron chi connectivity index (χ1n) is 8.28. The molecule has 0 aromatic carbocycles. The molecule has 0 saturated heterocycles. The van der Waals surface area contributed by atoms with Crippen LogP contribution in [0.4, 0.5) is 0 Å². The third kappa shape index (κ3) is 2.65. The number of hydrogen-bond donors (Lipinski definition) is 0. The molecule has 0 bridgehead atoms. The van der Waals surface area contributed by atoms with E-state index in [0.717, 1.165) is 36.8 Å². The van der Waals surface area contributed by atoms with Crippen LogP contribution in [0.3, 0.4) is 0 Å². The zero-order valence-corrected chi connectivity index (χ0v) is 12.2. The van der Waals surface area contributed by atoms with Gasteiger partial charge in [-0.15, -0.1) is 0 Å². The van der Waals surface area contributed by atoms with Crippen molar-refractivity contribution >= 4 is 11.6 Å². The molecule has 2 nitrogen and oxygen atoms in total. The smallest absolute Gasteiger partial charge is 0.229 e. The van der Waals surface area contributed by atoms with Crippen molar-refractivity contribution in [1.82, 2.24) is 0 Å². The highest BCUT2D eigenvalue weighted by Gasteiger charge is 2.34. The summed E-state index contributed by atoms with van der Waals surface area (Å²) in [6, 6.07) is 0. The van der Waals surface area contributed by atoms with Crippen LogP contribution in [-0.2, 0) is 9.59 Å². The molecule has 3 rings (SSSR count). The monoisotopic (exact) mass is 272 g/mol. The highest BCUT2D eigenvalue weighted by Crippen LogP contribution is 2.36. The first-order valence-corrected chi connectivity index (χ1v) is 8.28. The molecule has 0 aliphatic heterocycles. The molecule has 20 heavy (non-hydrogen) atoms. The molecule has 0 spiro atoms. The third-order valence-corrected chi connectivity index (χ3v) is 5.26. The van der Waals surface area contributed by atoms with Gasteiger partial charge < -0.3 is 0 Å². The van der Waals surface area contributed by atoms with E-state index in [1.54, 1.807) is 0 Å². The minimum absolute atomic E-state index is 0.194. The van der Waals surface area contributed by atoms with Gasteiger partial charge in [0.25, 0.3) is 0 Å². The topological polar surface area (TPSA) is 34.1 Å². The molecule has 3 aliphatic carbocycles. The lowest BCUT2D eigenvalue weighted by molar-refractivity contribution is -0.133. The molecule has 3 aliphatic rings. The number of Topliss-reactive ketones (excluding diaryl/α,β-unsaturated/α-hetero) is 2. The van der Waals surface area contributed by atoms with Crippen LogP contribution in [0.1, 0.15) is 64.2 Å². The van der Waals surface area contributed by atoms with E-state index in [-0.39, 0.29) is 11.6 Å². The van der Waals surface area contributed by atoms with Crippen LogP contribution >= 0.6 is 0 Å². The molecule has 108 valence electrons. The molecule has 2 heteroatoms. The van der Waals surface area contributed by atoms with Gasteiger partial charge in [-0.3, -0.25) is 9.59 Å². The van der Waals surface area contributed by atoms with E-state index < -0.39 is 0 Å². The Morgan fingerprint density at radius 2 is 0.950 bits per heavy atom. The molecule has 2 saturated carbocycles. The van der Waals surface area contributed by atoms with Crippen LogP contribution in [-0.4, -0.2) is 11.6 Å². The van der Waals surface area contributed by atoms with Gasteiger partial charge in [0.05, 0.1) is 0 Å². The van der Waals surface area contributed by atoms with Gasteiger partial charge in [-0.05, 0) is 37.5 Å².